The Morgan fingerprint density at radius 1 is 1.24 bits per heavy atom. The topological polar surface area (TPSA) is 52.6 Å². The molecule has 1 saturated heterocycles. The largest absolute Gasteiger partial charge is 0.465 e. The zero-order valence-corrected chi connectivity index (χ0v) is 12.7. The third-order valence-electron chi connectivity index (χ3n) is 4.42. The van der Waals surface area contributed by atoms with Crippen LogP contribution in [0.5, 0.6) is 0 Å². The van der Waals surface area contributed by atoms with E-state index in [0.29, 0.717) is 24.9 Å². The van der Waals surface area contributed by atoms with E-state index >= 15 is 0 Å². The van der Waals surface area contributed by atoms with E-state index in [1.807, 2.05) is 0 Å². The smallest absolute Gasteiger partial charge is 0.407 e. The Hall–Kier alpha value is -1.37. The van der Waals surface area contributed by atoms with Crippen LogP contribution in [0.3, 0.4) is 0 Å². The third kappa shape index (κ3) is 2.71. The number of halogens is 3. The van der Waals surface area contributed by atoms with Crippen molar-refractivity contribution in [3.8, 4) is 0 Å². The Bertz CT molecular complexity index is 570. The second-order valence-electron chi connectivity index (χ2n) is 5.74. The van der Waals surface area contributed by atoms with Gasteiger partial charge in [0.15, 0.2) is 11.6 Å². The minimum atomic E-state index is -0.893. The fourth-order valence-electron chi connectivity index (χ4n) is 3.43. The standard InChI is InChI=1S/C14H15BrF2N2O2/c15-10-1-2-11(13(17)12(10)16)18-9-3-7-5-19(14(20)21)6-8(7)4-9/h1-2,7-9,18H,3-6H2,(H,20,21)/t7-,8+,9-. The fraction of sp³-hybridized carbons (Fsp3) is 0.500. The number of hydrogen-bond donors (Lipinski definition) is 2. The molecular weight excluding hydrogens is 346 g/mol. The second-order valence-corrected chi connectivity index (χ2v) is 6.60. The van der Waals surface area contributed by atoms with E-state index in [4.69, 9.17) is 5.11 Å². The summed E-state index contributed by atoms with van der Waals surface area (Å²) in [5, 5.41) is 12.0. The normalized spacial score (nSPS) is 27.8. The van der Waals surface area contributed by atoms with Crippen molar-refractivity contribution in [2.24, 2.45) is 11.8 Å². The molecular formula is C14H15BrF2N2O2. The van der Waals surface area contributed by atoms with Gasteiger partial charge in [-0.3, -0.25) is 0 Å². The SMILES string of the molecule is O=C(O)N1C[C@H]2C[C@@H](Nc3ccc(Br)c(F)c3F)C[C@H]2C1. The molecule has 21 heavy (non-hydrogen) atoms. The highest BCUT2D eigenvalue weighted by Gasteiger charge is 2.42. The van der Waals surface area contributed by atoms with Gasteiger partial charge in [0.25, 0.3) is 0 Å². The molecule has 114 valence electrons. The summed E-state index contributed by atoms with van der Waals surface area (Å²) in [7, 11) is 0. The van der Waals surface area contributed by atoms with Crippen LogP contribution in [0.25, 0.3) is 0 Å². The molecule has 0 bridgehead atoms. The number of rotatable bonds is 2. The van der Waals surface area contributed by atoms with Crippen LogP contribution < -0.4 is 5.32 Å². The van der Waals surface area contributed by atoms with E-state index in [2.05, 4.69) is 21.2 Å². The lowest BCUT2D eigenvalue weighted by Crippen LogP contribution is -2.29. The Morgan fingerprint density at radius 2 is 1.86 bits per heavy atom. The van der Waals surface area contributed by atoms with Gasteiger partial charge in [0.1, 0.15) is 0 Å². The summed E-state index contributed by atoms with van der Waals surface area (Å²) < 4.78 is 27.4. The van der Waals surface area contributed by atoms with E-state index in [1.54, 1.807) is 0 Å². The van der Waals surface area contributed by atoms with Crippen LogP contribution in [0.1, 0.15) is 12.8 Å². The van der Waals surface area contributed by atoms with E-state index in [0.717, 1.165) is 12.8 Å². The van der Waals surface area contributed by atoms with Crippen molar-refractivity contribution in [2.45, 2.75) is 18.9 Å². The first kappa shape index (κ1) is 14.6. The summed E-state index contributed by atoms with van der Waals surface area (Å²) in [6.45, 7) is 1.07. The number of benzene rings is 1. The van der Waals surface area contributed by atoms with Crippen LogP contribution in [0.4, 0.5) is 19.3 Å². The first-order valence-corrected chi connectivity index (χ1v) is 7.63. The third-order valence-corrected chi connectivity index (χ3v) is 5.03. The molecule has 2 N–H and O–H groups in total. The fourth-order valence-corrected chi connectivity index (χ4v) is 3.74. The number of nitrogens with zero attached hydrogens (tertiary/aromatic N) is 1. The Labute approximate surface area is 129 Å². The molecule has 0 spiro atoms. The number of fused-ring (bicyclic) bond motifs is 1. The van der Waals surface area contributed by atoms with Gasteiger partial charge in [-0.2, -0.15) is 0 Å². The molecule has 7 heteroatoms. The molecule has 1 heterocycles. The average Bonchev–Trinajstić information content (AvgIpc) is 2.97. The van der Waals surface area contributed by atoms with Gasteiger partial charge >= 0.3 is 6.09 Å². The molecule has 3 rings (SSSR count). The molecule has 0 radical (unpaired) electrons. The molecule has 1 aliphatic heterocycles. The lowest BCUT2D eigenvalue weighted by molar-refractivity contribution is 0.152. The van der Waals surface area contributed by atoms with Gasteiger partial charge < -0.3 is 15.3 Å². The highest BCUT2D eigenvalue weighted by Crippen LogP contribution is 2.39. The number of nitrogens with one attached hydrogen (secondary N) is 1. The van der Waals surface area contributed by atoms with Crippen LogP contribution in [0, 0.1) is 23.5 Å². The van der Waals surface area contributed by atoms with Gasteiger partial charge in [0.2, 0.25) is 0 Å². The molecule has 2 aliphatic rings. The minimum absolute atomic E-state index is 0.0611. The number of amides is 1. The van der Waals surface area contributed by atoms with Crippen molar-refractivity contribution in [3.05, 3.63) is 28.2 Å². The molecule has 0 unspecified atom stereocenters. The predicted octanol–water partition coefficient (Wildman–Crippen LogP) is 3.53. The molecule has 3 atom stereocenters. The first-order valence-electron chi connectivity index (χ1n) is 6.83. The maximum Gasteiger partial charge on any atom is 0.407 e. The van der Waals surface area contributed by atoms with Crippen molar-refractivity contribution >= 4 is 27.7 Å². The Kier molecular flexibility index (Phi) is 3.77. The van der Waals surface area contributed by atoms with Crippen LogP contribution in [-0.2, 0) is 0 Å². The monoisotopic (exact) mass is 360 g/mol. The summed E-state index contributed by atoms with van der Waals surface area (Å²) in [5.74, 6) is -1.16. The van der Waals surface area contributed by atoms with Crippen LogP contribution >= 0.6 is 15.9 Å². The van der Waals surface area contributed by atoms with Gasteiger partial charge in [-0.1, -0.05) is 0 Å². The van der Waals surface area contributed by atoms with Gasteiger partial charge in [-0.05, 0) is 52.7 Å². The Balaban J connectivity index is 1.65. The number of hydrogen-bond acceptors (Lipinski definition) is 2. The van der Waals surface area contributed by atoms with E-state index in [-0.39, 0.29) is 16.2 Å². The van der Waals surface area contributed by atoms with Crippen molar-refractivity contribution in [1.82, 2.24) is 4.90 Å². The van der Waals surface area contributed by atoms with E-state index < -0.39 is 17.7 Å². The van der Waals surface area contributed by atoms with Crippen LogP contribution in [0.15, 0.2) is 16.6 Å². The number of anilines is 1. The van der Waals surface area contributed by atoms with Crippen molar-refractivity contribution in [3.63, 3.8) is 0 Å². The summed E-state index contributed by atoms with van der Waals surface area (Å²) in [4.78, 5) is 12.4. The molecule has 1 aliphatic carbocycles. The highest BCUT2D eigenvalue weighted by atomic mass is 79.9. The maximum absolute atomic E-state index is 13.8. The van der Waals surface area contributed by atoms with Gasteiger partial charge in [-0.15, -0.1) is 0 Å². The minimum Gasteiger partial charge on any atom is -0.465 e. The summed E-state index contributed by atoms with van der Waals surface area (Å²) >= 11 is 2.95. The zero-order valence-electron chi connectivity index (χ0n) is 11.2. The lowest BCUT2D eigenvalue weighted by atomic mass is 10.0. The van der Waals surface area contributed by atoms with Gasteiger partial charge in [0.05, 0.1) is 10.2 Å². The predicted molar refractivity (Wildman–Crippen MR) is 77.3 cm³/mol. The van der Waals surface area contributed by atoms with Gasteiger partial charge in [0, 0.05) is 19.1 Å². The van der Waals surface area contributed by atoms with Crippen molar-refractivity contribution in [1.29, 1.82) is 0 Å². The number of carboxylic acid groups (broad SMARTS) is 1. The second kappa shape index (κ2) is 5.44. The average molecular weight is 361 g/mol. The maximum atomic E-state index is 13.8. The molecule has 4 nitrogen and oxygen atoms in total. The number of likely N-dealkylation sites (tertiary alicyclic amines) is 1. The quantitative estimate of drug-likeness (QED) is 0.793. The highest BCUT2D eigenvalue weighted by molar-refractivity contribution is 9.10. The van der Waals surface area contributed by atoms with E-state index in [1.165, 1.54) is 17.0 Å². The molecule has 1 aromatic rings. The molecule has 1 saturated carbocycles. The van der Waals surface area contributed by atoms with Gasteiger partial charge in [-0.25, -0.2) is 13.6 Å². The summed E-state index contributed by atoms with van der Waals surface area (Å²) in [5.41, 5.74) is 0.163. The Morgan fingerprint density at radius 3 is 2.43 bits per heavy atom. The first-order chi connectivity index (χ1) is 9.95. The van der Waals surface area contributed by atoms with Crippen LogP contribution in [0.2, 0.25) is 0 Å². The summed E-state index contributed by atoms with van der Waals surface area (Å²) in [6, 6.07) is 3.05. The molecule has 0 aromatic heterocycles. The lowest BCUT2D eigenvalue weighted by Gasteiger charge is -2.19. The van der Waals surface area contributed by atoms with Crippen LogP contribution in [-0.4, -0.2) is 35.2 Å². The zero-order chi connectivity index (χ0) is 15.1. The molecule has 1 aromatic carbocycles. The van der Waals surface area contributed by atoms with Crippen molar-refractivity contribution < 1.29 is 18.7 Å². The summed E-state index contributed by atoms with van der Waals surface area (Å²) in [6.07, 6.45) is 0.687. The number of carbonyl (C=O) groups is 1. The van der Waals surface area contributed by atoms with Crippen molar-refractivity contribution in [2.75, 3.05) is 18.4 Å². The molecule has 1 amide bonds. The molecule has 2 fully saturated rings. The van der Waals surface area contributed by atoms with E-state index in [9.17, 15) is 13.6 Å².